The van der Waals surface area contributed by atoms with E-state index in [1.165, 1.54) is 29.1 Å². The van der Waals surface area contributed by atoms with Crippen LogP contribution in [-0.4, -0.2) is 57.8 Å². The summed E-state index contributed by atoms with van der Waals surface area (Å²) >= 11 is 1.58. The Morgan fingerprint density at radius 1 is 1.24 bits per heavy atom. The Balaban J connectivity index is 1.37. The molecule has 0 atom stereocenters. The number of aliphatic imine (C=N–C) groups is 1. The predicted octanol–water partition coefficient (Wildman–Crippen LogP) is 3.57. The summed E-state index contributed by atoms with van der Waals surface area (Å²) < 4.78 is 12.5. The molecule has 12 nitrogen and oxygen atoms in total. The molecule has 242 valence electrons. The third-order valence-corrected chi connectivity index (χ3v) is 9.74. The summed E-state index contributed by atoms with van der Waals surface area (Å²) in [6.07, 6.45) is 5.88. The molecule has 3 aromatic rings. The van der Waals surface area contributed by atoms with E-state index in [0.29, 0.717) is 48.8 Å². The number of esters is 1. The molecule has 1 fully saturated rings. The smallest absolute Gasteiger partial charge is 0.302 e. The first kappa shape index (κ1) is 31.6. The summed E-state index contributed by atoms with van der Waals surface area (Å²) in [4.78, 5) is 51.7. The van der Waals surface area contributed by atoms with Crippen molar-refractivity contribution < 1.29 is 19.1 Å². The van der Waals surface area contributed by atoms with E-state index in [9.17, 15) is 14.4 Å². The molecule has 6 rings (SSSR count). The van der Waals surface area contributed by atoms with Crippen LogP contribution in [0.15, 0.2) is 39.9 Å². The number of rotatable bonds is 6. The fraction of sp³-hybridized carbons (Fsp3) is 0.455. The van der Waals surface area contributed by atoms with Crippen LogP contribution in [0.4, 0.5) is 11.5 Å². The molecule has 3 N–H and O–H groups in total. The van der Waals surface area contributed by atoms with Crippen molar-refractivity contribution in [2.45, 2.75) is 66.1 Å². The number of aromatic nitrogens is 3. The summed E-state index contributed by atoms with van der Waals surface area (Å²) in [5.41, 5.74) is 10.4. The number of anilines is 1. The third-order valence-electron chi connectivity index (χ3n) is 8.48. The number of amides is 1. The molecule has 1 saturated heterocycles. The normalized spacial score (nSPS) is 19.5. The number of nitrogens with two attached hydrogens (primary N) is 1. The van der Waals surface area contributed by atoms with Gasteiger partial charge in [-0.15, -0.1) is 11.3 Å². The van der Waals surface area contributed by atoms with Crippen molar-refractivity contribution in [3.8, 4) is 11.3 Å². The molecule has 1 amide bonds. The minimum atomic E-state index is -0.478. The Kier molecular flexibility index (Phi) is 8.09. The SMILES string of the molecule is CC(=O)OCc1c(-c2cc(N=C(N)/C=C3/COC(C)(C)CN3)c(=O)n(C)n2)ccnc1N1CCc2c(sc3c2CC(C)(C)C3)C1=O. The van der Waals surface area contributed by atoms with Crippen LogP contribution in [0.5, 0.6) is 0 Å². The lowest BCUT2D eigenvalue weighted by molar-refractivity contribution is -0.142. The highest BCUT2D eigenvalue weighted by atomic mass is 32.1. The molecule has 0 spiro atoms. The molecule has 46 heavy (non-hydrogen) atoms. The standard InChI is InChI=1S/C33H39N7O5S/c1-18(41)44-16-23-20(24-12-25(30(42)39(6)38-24)37-27(34)11-19-15-45-33(4,5)17-36-19)7-9-35-29(23)40-10-8-21-22-13-32(2,3)14-26(22)46-28(21)31(40)43/h7,9,11-12,36H,8,10,13-17H2,1-6H3,(H2,34,37)/b19-11-. The van der Waals surface area contributed by atoms with Gasteiger partial charge >= 0.3 is 5.97 Å². The number of nitrogens with zero attached hydrogens (tertiary/aromatic N) is 5. The number of fused-ring (bicyclic) bond motifs is 3. The van der Waals surface area contributed by atoms with Gasteiger partial charge in [0.05, 0.1) is 22.8 Å². The van der Waals surface area contributed by atoms with Crippen LogP contribution in [0.3, 0.4) is 0 Å². The Hall–Kier alpha value is -4.36. The predicted molar refractivity (Wildman–Crippen MR) is 176 cm³/mol. The second kappa shape index (κ2) is 11.8. The zero-order valence-corrected chi connectivity index (χ0v) is 27.8. The lowest BCUT2D eigenvalue weighted by atomic mass is 9.89. The van der Waals surface area contributed by atoms with Crippen molar-refractivity contribution in [3.63, 3.8) is 0 Å². The molecular formula is C33H39N7O5S. The monoisotopic (exact) mass is 645 g/mol. The maximum atomic E-state index is 14.0. The van der Waals surface area contributed by atoms with Gasteiger partial charge in [-0.2, -0.15) is 5.10 Å². The highest BCUT2D eigenvalue weighted by Crippen LogP contribution is 2.46. The maximum absolute atomic E-state index is 14.0. The summed E-state index contributed by atoms with van der Waals surface area (Å²) in [6, 6.07) is 3.26. The lowest BCUT2D eigenvalue weighted by Gasteiger charge is -2.32. The number of morpholine rings is 1. The number of pyridine rings is 1. The molecule has 5 heterocycles. The van der Waals surface area contributed by atoms with Crippen molar-refractivity contribution in [1.82, 2.24) is 20.1 Å². The first-order valence-electron chi connectivity index (χ1n) is 15.3. The first-order valence-corrected chi connectivity index (χ1v) is 16.1. The molecular weight excluding hydrogens is 606 g/mol. The molecule has 0 radical (unpaired) electrons. The van der Waals surface area contributed by atoms with Gasteiger partial charge in [0.1, 0.15) is 23.9 Å². The van der Waals surface area contributed by atoms with Gasteiger partial charge in [0.2, 0.25) is 0 Å². The average molecular weight is 646 g/mol. The molecule has 3 aliphatic rings. The highest BCUT2D eigenvalue weighted by Gasteiger charge is 2.39. The van der Waals surface area contributed by atoms with Crippen molar-refractivity contribution in [1.29, 1.82) is 0 Å². The van der Waals surface area contributed by atoms with Gasteiger partial charge in [-0.05, 0) is 61.8 Å². The van der Waals surface area contributed by atoms with E-state index in [4.69, 9.17) is 15.2 Å². The second-order valence-electron chi connectivity index (χ2n) is 13.4. The molecule has 0 saturated carbocycles. The fourth-order valence-electron chi connectivity index (χ4n) is 6.18. The molecule has 0 aromatic carbocycles. The van der Waals surface area contributed by atoms with E-state index in [1.54, 1.807) is 40.6 Å². The number of carbonyl (C=O) groups excluding carboxylic acids is 2. The second-order valence-corrected chi connectivity index (χ2v) is 14.5. The number of hydrogen-bond acceptors (Lipinski definition) is 10. The van der Waals surface area contributed by atoms with Crippen molar-refractivity contribution in [3.05, 3.63) is 66.9 Å². The van der Waals surface area contributed by atoms with Crippen molar-refractivity contribution in [2.75, 3.05) is 24.6 Å². The number of carbonyl (C=O) groups is 2. The summed E-state index contributed by atoms with van der Waals surface area (Å²) in [5.74, 6) is -0.0833. The van der Waals surface area contributed by atoms with Crippen LogP contribution < -0.4 is 21.5 Å². The number of nitrogens with one attached hydrogen (secondary N) is 1. The third kappa shape index (κ3) is 6.21. The van der Waals surface area contributed by atoms with Crippen molar-refractivity contribution in [2.24, 2.45) is 23.2 Å². The average Bonchev–Trinajstić information content (AvgIpc) is 3.47. The van der Waals surface area contributed by atoms with Crippen LogP contribution in [0.1, 0.15) is 65.9 Å². The lowest BCUT2D eigenvalue weighted by Crippen LogP contribution is -2.44. The minimum absolute atomic E-state index is 0.0745. The van der Waals surface area contributed by atoms with E-state index < -0.39 is 11.5 Å². The largest absolute Gasteiger partial charge is 0.461 e. The van der Waals surface area contributed by atoms with E-state index in [1.807, 2.05) is 13.8 Å². The quantitative estimate of drug-likeness (QED) is 0.233. The van der Waals surface area contributed by atoms with E-state index in [0.717, 1.165) is 29.0 Å². The van der Waals surface area contributed by atoms with Gasteiger partial charge in [-0.1, -0.05) is 13.8 Å². The Morgan fingerprint density at radius 3 is 2.74 bits per heavy atom. The minimum Gasteiger partial charge on any atom is -0.461 e. The van der Waals surface area contributed by atoms with Crippen LogP contribution in [0, 0.1) is 5.41 Å². The number of aryl methyl sites for hydroxylation is 1. The van der Waals surface area contributed by atoms with E-state index in [-0.39, 0.29) is 35.1 Å². The zero-order valence-electron chi connectivity index (χ0n) is 27.0. The van der Waals surface area contributed by atoms with E-state index >= 15 is 0 Å². The molecule has 0 bridgehead atoms. The molecule has 3 aromatic heterocycles. The van der Waals surface area contributed by atoms with Gasteiger partial charge in [0.15, 0.2) is 0 Å². The maximum Gasteiger partial charge on any atom is 0.302 e. The van der Waals surface area contributed by atoms with E-state index in [2.05, 4.69) is 34.2 Å². The van der Waals surface area contributed by atoms with Gasteiger partial charge in [0, 0.05) is 61.0 Å². The van der Waals surface area contributed by atoms with Gasteiger partial charge in [-0.25, -0.2) is 14.7 Å². The van der Waals surface area contributed by atoms with Crippen molar-refractivity contribution >= 4 is 40.6 Å². The Morgan fingerprint density at radius 2 is 2.02 bits per heavy atom. The van der Waals surface area contributed by atoms with Crippen LogP contribution in [-0.2, 0) is 47.2 Å². The van der Waals surface area contributed by atoms with Crippen LogP contribution in [0.2, 0.25) is 0 Å². The van der Waals surface area contributed by atoms with Crippen LogP contribution >= 0.6 is 11.3 Å². The topological polar surface area (TPSA) is 154 Å². The number of amidine groups is 1. The van der Waals surface area contributed by atoms with Gasteiger partial charge in [-0.3, -0.25) is 19.3 Å². The summed E-state index contributed by atoms with van der Waals surface area (Å²) in [5, 5.41) is 7.78. The fourth-order valence-corrected chi connectivity index (χ4v) is 7.76. The Labute approximate surface area is 271 Å². The van der Waals surface area contributed by atoms with Gasteiger partial charge in [0.25, 0.3) is 11.5 Å². The highest BCUT2D eigenvalue weighted by molar-refractivity contribution is 7.14. The molecule has 0 unspecified atom stereocenters. The molecule has 2 aliphatic heterocycles. The van der Waals surface area contributed by atoms with Crippen LogP contribution in [0.25, 0.3) is 11.3 Å². The molecule has 13 heteroatoms. The molecule has 1 aliphatic carbocycles. The summed E-state index contributed by atoms with van der Waals surface area (Å²) in [6.45, 7) is 11.1. The van der Waals surface area contributed by atoms with Gasteiger partial charge < -0.3 is 20.5 Å². The first-order chi connectivity index (χ1) is 21.7. The number of hydrogen-bond donors (Lipinski definition) is 2. The number of thiophene rings is 1. The Bertz CT molecular complexity index is 1860. The number of ether oxygens (including phenoxy) is 2. The summed E-state index contributed by atoms with van der Waals surface area (Å²) in [7, 11) is 1.53. The zero-order chi connectivity index (χ0) is 33.0.